The van der Waals surface area contributed by atoms with Crippen molar-refractivity contribution in [2.24, 2.45) is 0 Å². The van der Waals surface area contributed by atoms with Crippen LogP contribution in [0.2, 0.25) is 0 Å². The maximum Gasteiger partial charge on any atom is 0.358 e. The summed E-state index contributed by atoms with van der Waals surface area (Å²) in [7, 11) is 0. The lowest BCUT2D eigenvalue weighted by molar-refractivity contribution is 0.0517. The van der Waals surface area contributed by atoms with Crippen molar-refractivity contribution in [3.63, 3.8) is 0 Å². The van der Waals surface area contributed by atoms with Crippen molar-refractivity contribution in [2.45, 2.75) is 6.92 Å². The number of ketones is 1. The highest BCUT2D eigenvalue weighted by atomic mass is 32.1. The Morgan fingerprint density at radius 2 is 2.00 bits per heavy atom. The number of carbonyl (C=O) groups excluding carboxylic acids is 2. The summed E-state index contributed by atoms with van der Waals surface area (Å²) in [6.45, 7) is 1.88. The van der Waals surface area contributed by atoms with E-state index in [2.05, 4.69) is 4.98 Å². The number of ether oxygens (including phenoxy) is 1. The normalized spacial score (nSPS) is 10.2. The Morgan fingerprint density at radius 1 is 1.32 bits per heavy atom. The molecule has 19 heavy (non-hydrogen) atoms. The van der Waals surface area contributed by atoms with Gasteiger partial charge in [0, 0.05) is 5.56 Å². The summed E-state index contributed by atoms with van der Waals surface area (Å²) in [5.41, 5.74) is 1.71. The van der Waals surface area contributed by atoms with Crippen LogP contribution in [0.5, 0.6) is 0 Å². The molecule has 0 atom stereocenters. The molecule has 0 N–H and O–H groups in total. The van der Waals surface area contributed by atoms with Crippen molar-refractivity contribution in [3.05, 3.63) is 51.7 Å². The number of benzene rings is 1. The third-order valence-corrected chi connectivity index (χ3v) is 3.17. The summed E-state index contributed by atoms with van der Waals surface area (Å²) in [5, 5.41) is 0. The largest absolute Gasteiger partial charge is 0.461 e. The van der Waals surface area contributed by atoms with Gasteiger partial charge in [-0.25, -0.2) is 14.2 Å². The minimum atomic E-state index is -0.630. The predicted molar refractivity (Wildman–Crippen MR) is 67.9 cm³/mol. The van der Waals surface area contributed by atoms with Crippen molar-refractivity contribution in [1.29, 1.82) is 0 Å². The lowest BCUT2D eigenvalue weighted by Crippen LogP contribution is -2.11. The molecule has 98 valence electrons. The van der Waals surface area contributed by atoms with Gasteiger partial charge in [-0.1, -0.05) is 0 Å². The van der Waals surface area contributed by atoms with E-state index in [1.807, 2.05) is 0 Å². The van der Waals surface area contributed by atoms with E-state index >= 15 is 0 Å². The molecule has 0 unspecified atom stereocenters. The van der Waals surface area contributed by atoms with Crippen molar-refractivity contribution in [3.8, 4) is 0 Å². The van der Waals surface area contributed by atoms with Gasteiger partial charge in [0.05, 0.1) is 12.1 Å². The number of esters is 1. The predicted octanol–water partition coefficient (Wildman–Crippen LogP) is 2.69. The highest BCUT2D eigenvalue weighted by Crippen LogP contribution is 2.19. The average molecular weight is 279 g/mol. The summed E-state index contributed by atoms with van der Waals surface area (Å²) in [5.74, 6) is -1.42. The molecule has 2 aromatic rings. The molecule has 2 rings (SSSR count). The molecule has 4 nitrogen and oxygen atoms in total. The molecule has 0 saturated heterocycles. The number of halogens is 1. The fraction of sp³-hybridized carbons (Fsp3) is 0.154. The fourth-order valence-corrected chi connectivity index (χ4v) is 2.22. The summed E-state index contributed by atoms with van der Waals surface area (Å²) in [6.07, 6.45) is 0. The quantitative estimate of drug-likeness (QED) is 0.638. The number of aromatic nitrogens is 1. The monoisotopic (exact) mass is 279 g/mol. The van der Waals surface area contributed by atoms with Crippen LogP contribution in [0.4, 0.5) is 4.39 Å². The third kappa shape index (κ3) is 2.85. The van der Waals surface area contributed by atoms with Gasteiger partial charge < -0.3 is 4.74 Å². The average Bonchev–Trinajstić information content (AvgIpc) is 2.88. The smallest absolute Gasteiger partial charge is 0.358 e. The standard InChI is InChI=1S/C13H10FNO3S/c1-2-18-13(17)10-12(19-7-15-10)11(16)8-3-5-9(14)6-4-8/h3-7H,2H2,1H3. The number of thiazole rings is 1. The first-order valence-corrected chi connectivity index (χ1v) is 6.42. The van der Waals surface area contributed by atoms with Crippen LogP contribution in [-0.4, -0.2) is 23.3 Å². The Morgan fingerprint density at radius 3 is 2.63 bits per heavy atom. The van der Waals surface area contributed by atoms with E-state index in [0.717, 1.165) is 11.3 Å². The van der Waals surface area contributed by atoms with Crippen molar-refractivity contribution in [2.75, 3.05) is 6.61 Å². The van der Waals surface area contributed by atoms with Crippen LogP contribution in [0.25, 0.3) is 0 Å². The van der Waals surface area contributed by atoms with Gasteiger partial charge in [0.15, 0.2) is 5.69 Å². The molecule has 6 heteroatoms. The Hall–Kier alpha value is -2.08. The Kier molecular flexibility index (Phi) is 4.01. The Labute approximate surface area is 112 Å². The lowest BCUT2D eigenvalue weighted by atomic mass is 10.1. The van der Waals surface area contributed by atoms with Crippen LogP contribution in [0.15, 0.2) is 29.8 Å². The Balaban J connectivity index is 2.32. The molecule has 0 saturated carbocycles. The van der Waals surface area contributed by atoms with E-state index < -0.39 is 11.8 Å². The number of hydrogen-bond donors (Lipinski definition) is 0. The summed E-state index contributed by atoms with van der Waals surface area (Å²) in [4.78, 5) is 27.9. The number of carbonyl (C=O) groups is 2. The number of nitrogens with zero attached hydrogens (tertiary/aromatic N) is 1. The minimum absolute atomic E-state index is 0.00109. The molecule has 1 aromatic carbocycles. The lowest BCUT2D eigenvalue weighted by Gasteiger charge is -2.02. The zero-order valence-corrected chi connectivity index (χ0v) is 10.9. The first kappa shape index (κ1) is 13.4. The molecular weight excluding hydrogens is 269 g/mol. The molecule has 0 amide bonds. The number of rotatable bonds is 4. The zero-order chi connectivity index (χ0) is 13.8. The second kappa shape index (κ2) is 5.71. The van der Waals surface area contributed by atoms with Gasteiger partial charge in [0.1, 0.15) is 10.7 Å². The number of hydrogen-bond acceptors (Lipinski definition) is 5. The molecule has 0 aliphatic heterocycles. The van der Waals surface area contributed by atoms with Crippen LogP contribution in [-0.2, 0) is 4.74 Å². The van der Waals surface area contributed by atoms with E-state index in [1.54, 1.807) is 6.92 Å². The summed E-state index contributed by atoms with van der Waals surface area (Å²) < 4.78 is 17.6. The van der Waals surface area contributed by atoms with Gasteiger partial charge in [0.2, 0.25) is 5.78 Å². The first-order valence-electron chi connectivity index (χ1n) is 5.54. The van der Waals surface area contributed by atoms with Crippen molar-refractivity contribution >= 4 is 23.1 Å². The highest BCUT2D eigenvalue weighted by molar-refractivity contribution is 7.12. The molecule has 0 spiro atoms. The van der Waals surface area contributed by atoms with Crippen LogP contribution in [0.3, 0.4) is 0 Å². The van der Waals surface area contributed by atoms with Crippen LogP contribution < -0.4 is 0 Å². The molecule has 0 radical (unpaired) electrons. The third-order valence-electron chi connectivity index (χ3n) is 2.35. The molecule has 0 aliphatic carbocycles. The molecule has 1 heterocycles. The molecular formula is C13H10FNO3S. The van der Waals surface area contributed by atoms with Crippen LogP contribution >= 0.6 is 11.3 Å². The van der Waals surface area contributed by atoms with Gasteiger partial charge in [-0.2, -0.15) is 0 Å². The maximum atomic E-state index is 12.8. The Bertz CT molecular complexity index is 607. The van der Waals surface area contributed by atoms with Gasteiger partial charge in [-0.3, -0.25) is 4.79 Å². The summed E-state index contributed by atoms with van der Waals surface area (Å²) in [6, 6.07) is 5.12. The first-order chi connectivity index (χ1) is 9.13. The van der Waals surface area contributed by atoms with Crippen LogP contribution in [0.1, 0.15) is 32.6 Å². The van der Waals surface area contributed by atoms with Gasteiger partial charge >= 0.3 is 5.97 Å². The van der Waals surface area contributed by atoms with Crippen LogP contribution in [0, 0.1) is 5.82 Å². The van der Waals surface area contributed by atoms with Crippen molar-refractivity contribution < 1.29 is 18.7 Å². The van der Waals surface area contributed by atoms with Gasteiger partial charge in [0.25, 0.3) is 0 Å². The van der Waals surface area contributed by atoms with E-state index in [-0.39, 0.29) is 23.0 Å². The topological polar surface area (TPSA) is 56.3 Å². The second-order valence-electron chi connectivity index (χ2n) is 3.59. The highest BCUT2D eigenvalue weighted by Gasteiger charge is 2.22. The second-order valence-corrected chi connectivity index (χ2v) is 4.44. The maximum absolute atomic E-state index is 12.8. The fourth-order valence-electron chi connectivity index (χ4n) is 1.48. The van der Waals surface area contributed by atoms with E-state index in [4.69, 9.17) is 4.74 Å². The van der Waals surface area contributed by atoms with E-state index in [9.17, 15) is 14.0 Å². The van der Waals surface area contributed by atoms with E-state index in [1.165, 1.54) is 29.8 Å². The molecule has 1 aromatic heterocycles. The molecule has 0 fully saturated rings. The van der Waals surface area contributed by atoms with Crippen molar-refractivity contribution in [1.82, 2.24) is 4.98 Å². The summed E-state index contributed by atoms with van der Waals surface area (Å²) >= 11 is 1.06. The zero-order valence-electron chi connectivity index (χ0n) is 10.1. The molecule has 0 aliphatic rings. The van der Waals surface area contributed by atoms with E-state index in [0.29, 0.717) is 5.56 Å². The van der Waals surface area contributed by atoms with Gasteiger partial charge in [-0.15, -0.1) is 11.3 Å². The minimum Gasteiger partial charge on any atom is -0.461 e. The van der Waals surface area contributed by atoms with Gasteiger partial charge in [-0.05, 0) is 31.2 Å². The SMILES string of the molecule is CCOC(=O)c1ncsc1C(=O)c1ccc(F)cc1. The molecule has 0 bridgehead atoms.